The van der Waals surface area contributed by atoms with E-state index in [1.54, 1.807) is 13.8 Å². The number of ether oxygens (including phenoxy) is 1. The molecule has 1 aromatic carbocycles. The zero-order valence-electron chi connectivity index (χ0n) is 12.5. The van der Waals surface area contributed by atoms with E-state index in [1.165, 1.54) is 4.90 Å². The molecule has 1 aromatic rings. The molecular weight excluding hydrogens is 323 g/mol. The Kier molecular flexibility index (Phi) is 5.35. The number of hydrogen-bond acceptors (Lipinski definition) is 6. The molecule has 0 atom stereocenters. The highest BCUT2D eigenvalue weighted by Crippen LogP contribution is 2.50. The second kappa shape index (κ2) is 6.67. The van der Waals surface area contributed by atoms with Gasteiger partial charge in [0, 0.05) is 19.2 Å². The van der Waals surface area contributed by atoms with Crippen LogP contribution in [-0.4, -0.2) is 30.0 Å². The van der Waals surface area contributed by atoms with Crippen molar-refractivity contribution in [1.29, 1.82) is 0 Å². The second-order valence-corrected chi connectivity index (χ2v) is 4.36. The van der Waals surface area contributed by atoms with E-state index in [0.29, 0.717) is 0 Å². The topological polar surface area (TPSA) is 98.8 Å². The zero-order chi connectivity index (χ0) is 17.9. The summed E-state index contributed by atoms with van der Waals surface area (Å²) in [6, 6.07) is 0.263. The highest BCUT2D eigenvalue weighted by Gasteiger charge is 2.44. The van der Waals surface area contributed by atoms with Gasteiger partial charge < -0.3 is 9.64 Å². The van der Waals surface area contributed by atoms with Gasteiger partial charge in [0.2, 0.25) is 5.75 Å². The molecule has 0 aromatic heterocycles. The molecule has 0 saturated carbocycles. The van der Waals surface area contributed by atoms with Gasteiger partial charge in [0.25, 0.3) is 0 Å². The van der Waals surface area contributed by atoms with Gasteiger partial charge in [-0.25, -0.2) is 0 Å². The van der Waals surface area contributed by atoms with Crippen molar-refractivity contribution in [1.82, 2.24) is 0 Å². The number of anilines is 1. The van der Waals surface area contributed by atoms with Crippen molar-refractivity contribution in [2.24, 2.45) is 0 Å². The molecule has 0 bridgehead atoms. The monoisotopic (exact) mass is 337 g/mol. The number of nitro groups is 2. The van der Waals surface area contributed by atoms with Crippen LogP contribution in [0.25, 0.3) is 0 Å². The Morgan fingerprint density at radius 1 is 1.17 bits per heavy atom. The molecule has 1 rings (SSSR count). The Bertz CT molecular complexity index is 629. The summed E-state index contributed by atoms with van der Waals surface area (Å²) in [5, 5.41) is 22.5. The van der Waals surface area contributed by atoms with Crippen LogP contribution in [0.15, 0.2) is 6.07 Å². The fraction of sp³-hybridized carbons (Fsp3) is 0.500. The first kappa shape index (κ1) is 18.5. The lowest BCUT2D eigenvalue weighted by atomic mass is 10.1. The van der Waals surface area contributed by atoms with Crippen molar-refractivity contribution in [3.8, 4) is 5.75 Å². The van der Waals surface area contributed by atoms with E-state index >= 15 is 0 Å². The van der Waals surface area contributed by atoms with E-state index in [4.69, 9.17) is 0 Å². The predicted molar refractivity (Wildman–Crippen MR) is 74.9 cm³/mol. The van der Waals surface area contributed by atoms with E-state index in [2.05, 4.69) is 4.74 Å². The molecule has 23 heavy (non-hydrogen) atoms. The summed E-state index contributed by atoms with van der Waals surface area (Å²) in [6.07, 6.45) is -5.04. The van der Waals surface area contributed by atoms with Crippen molar-refractivity contribution < 1.29 is 27.8 Å². The van der Waals surface area contributed by atoms with Crippen LogP contribution in [0.3, 0.4) is 0 Å². The molecule has 0 unspecified atom stereocenters. The molecule has 11 heteroatoms. The molecule has 0 amide bonds. The number of hydrogen-bond donors (Lipinski definition) is 0. The standard InChI is InChI=1S/C12H14F3N3O5/c1-4-16(5-2)9-8(17(19)20)6-7(12(13,14)15)11(23-3)10(9)18(21)22/h6H,4-5H2,1-3H3. The van der Waals surface area contributed by atoms with Crippen LogP contribution in [0.5, 0.6) is 5.75 Å². The zero-order valence-corrected chi connectivity index (χ0v) is 12.5. The van der Waals surface area contributed by atoms with Crippen LogP contribution in [0.2, 0.25) is 0 Å². The smallest absolute Gasteiger partial charge is 0.420 e. The first-order chi connectivity index (χ1) is 10.6. The third-order valence-electron chi connectivity index (χ3n) is 3.18. The number of halogens is 3. The number of nitro benzene ring substituents is 2. The lowest BCUT2D eigenvalue weighted by molar-refractivity contribution is -0.393. The quantitative estimate of drug-likeness (QED) is 0.583. The van der Waals surface area contributed by atoms with Crippen LogP contribution in [0, 0.1) is 20.2 Å². The Morgan fingerprint density at radius 2 is 1.70 bits per heavy atom. The van der Waals surface area contributed by atoms with Crippen LogP contribution in [0.4, 0.5) is 30.2 Å². The van der Waals surface area contributed by atoms with Crippen molar-refractivity contribution in [3.63, 3.8) is 0 Å². The average Bonchev–Trinajstić information content (AvgIpc) is 2.45. The summed E-state index contributed by atoms with van der Waals surface area (Å²) in [5.41, 5.74) is -4.13. The fourth-order valence-corrected chi connectivity index (χ4v) is 2.20. The van der Waals surface area contributed by atoms with Crippen LogP contribution < -0.4 is 9.64 Å². The van der Waals surface area contributed by atoms with Gasteiger partial charge in [0.15, 0.2) is 5.69 Å². The minimum absolute atomic E-state index is 0.132. The maximum atomic E-state index is 13.1. The molecule has 0 spiro atoms. The fourth-order valence-electron chi connectivity index (χ4n) is 2.20. The summed E-state index contributed by atoms with van der Waals surface area (Å²) in [6.45, 7) is 3.40. The van der Waals surface area contributed by atoms with Crippen LogP contribution in [-0.2, 0) is 6.18 Å². The van der Waals surface area contributed by atoms with Gasteiger partial charge in [0.05, 0.1) is 17.0 Å². The van der Waals surface area contributed by atoms with Gasteiger partial charge in [-0.3, -0.25) is 20.2 Å². The van der Waals surface area contributed by atoms with E-state index < -0.39 is 44.4 Å². The summed E-state index contributed by atoms with van der Waals surface area (Å²) >= 11 is 0. The molecule has 0 aliphatic carbocycles. The first-order valence-electron chi connectivity index (χ1n) is 6.45. The molecule has 0 aliphatic heterocycles. The largest absolute Gasteiger partial charge is 0.490 e. The van der Waals surface area contributed by atoms with Gasteiger partial charge in [0.1, 0.15) is 5.56 Å². The summed E-state index contributed by atoms with van der Waals surface area (Å²) in [4.78, 5) is 21.5. The molecule has 0 aliphatic rings. The van der Waals surface area contributed by atoms with Gasteiger partial charge in [-0.05, 0) is 13.8 Å². The maximum Gasteiger partial charge on any atom is 0.420 e. The average molecular weight is 337 g/mol. The van der Waals surface area contributed by atoms with Crippen molar-refractivity contribution in [2.45, 2.75) is 20.0 Å². The third kappa shape index (κ3) is 3.43. The third-order valence-corrected chi connectivity index (χ3v) is 3.18. The normalized spacial score (nSPS) is 11.2. The Hall–Kier alpha value is -2.59. The van der Waals surface area contributed by atoms with E-state index in [9.17, 15) is 33.4 Å². The molecule has 0 saturated heterocycles. The van der Waals surface area contributed by atoms with Gasteiger partial charge in [-0.1, -0.05) is 0 Å². The number of methoxy groups -OCH3 is 1. The summed E-state index contributed by atoms with van der Waals surface area (Å²) in [7, 11) is 0.843. The number of benzene rings is 1. The predicted octanol–water partition coefficient (Wildman–Crippen LogP) is 3.38. The van der Waals surface area contributed by atoms with Crippen molar-refractivity contribution in [2.75, 3.05) is 25.1 Å². The Balaban J connectivity index is 4.01. The molecule has 0 radical (unpaired) electrons. The molecule has 8 nitrogen and oxygen atoms in total. The highest BCUT2D eigenvalue weighted by molar-refractivity contribution is 5.81. The maximum absolute atomic E-state index is 13.1. The molecular formula is C12H14F3N3O5. The van der Waals surface area contributed by atoms with Gasteiger partial charge >= 0.3 is 17.6 Å². The molecule has 0 heterocycles. The lowest BCUT2D eigenvalue weighted by Crippen LogP contribution is -2.25. The molecule has 0 N–H and O–H groups in total. The molecule has 0 fully saturated rings. The van der Waals surface area contributed by atoms with Crippen LogP contribution in [0.1, 0.15) is 19.4 Å². The number of alkyl halides is 3. The first-order valence-corrected chi connectivity index (χ1v) is 6.45. The van der Waals surface area contributed by atoms with Crippen LogP contribution >= 0.6 is 0 Å². The number of nitrogens with zero attached hydrogens (tertiary/aromatic N) is 3. The minimum atomic E-state index is -5.04. The summed E-state index contributed by atoms with van der Waals surface area (Å²) in [5.74, 6) is -1.05. The SMILES string of the molecule is CCN(CC)c1c([N+](=O)[O-])cc(C(F)(F)F)c(OC)c1[N+](=O)[O-]. The van der Waals surface area contributed by atoms with Gasteiger partial charge in [-0.2, -0.15) is 13.2 Å². The summed E-state index contributed by atoms with van der Waals surface area (Å²) < 4.78 is 43.8. The Labute approximate surface area is 128 Å². The minimum Gasteiger partial charge on any atom is -0.490 e. The second-order valence-electron chi connectivity index (χ2n) is 4.36. The van der Waals surface area contributed by atoms with Crippen molar-refractivity contribution in [3.05, 3.63) is 31.9 Å². The molecule has 128 valence electrons. The lowest BCUT2D eigenvalue weighted by Gasteiger charge is -2.22. The number of rotatable bonds is 6. The van der Waals surface area contributed by atoms with E-state index in [0.717, 1.165) is 7.11 Å². The van der Waals surface area contributed by atoms with Crippen molar-refractivity contribution >= 4 is 17.1 Å². The highest BCUT2D eigenvalue weighted by atomic mass is 19.4. The van der Waals surface area contributed by atoms with E-state index in [-0.39, 0.29) is 19.2 Å². The van der Waals surface area contributed by atoms with E-state index in [1.807, 2.05) is 0 Å². The Morgan fingerprint density at radius 3 is 2.00 bits per heavy atom. The van der Waals surface area contributed by atoms with Gasteiger partial charge in [-0.15, -0.1) is 0 Å².